The number of hydrogen-bond donors (Lipinski definition) is 2. The van der Waals surface area contributed by atoms with E-state index < -0.39 is 0 Å². The van der Waals surface area contributed by atoms with Gasteiger partial charge in [0.25, 0.3) is 5.91 Å². The van der Waals surface area contributed by atoms with Crippen LogP contribution in [0.3, 0.4) is 0 Å². The molecule has 3 rings (SSSR count). The minimum Gasteiger partial charge on any atom is -0.347 e. The fourth-order valence-electron chi connectivity index (χ4n) is 2.04. The number of carbonyl (C=O) groups excluding carboxylic acids is 1. The Bertz CT molecular complexity index is 841. The van der Waals surface area contributed by atoms with Crippen molar-refractivity contribution in [3.05, 3.63) is 78.3 Å². The van der Waals surface area contributed by atoms with Crippen molar-refractivity contribution in [2.75, 3.05) is 5.32 Å². The van der Waals surface area contributed by atoms with Gasteiger partial charge in [0, 0.05) is 30.7 Å². The van der Waals surface area contributed by atoms with Gasteiger partial charge in [0.1, 0.15) is 23.7 Å². The number of carbonyl (C=O) groups is 1. The Morgan fingerprint density at radius 1 is 1.08 bits per heavy atom. The minimum atomic E-state index is -0.357. The fourth-order valence-corrected chi connectivity index (χ4v) is 2.04. The van der Waals surface area contributed by atoms with Crippen LogP contribution in [0.5, 0.6) is 0 Å². The van der Waals surface area contributed by atoms with Crippen LogP contribution in [0.25, 0.3) is 0 Å². The Morgan fingerprint density at radius 2 is 1.92 bits per heavy atom. The van der Waals surface area contributed by atoms with Crippen LogP contribution in [-0.4, -0.2) is 20.9 Å². The van der Waals surface area contributed by atoms with Gasteiger partial charge in [-0.2, -0.15) is 0 Å². The lowest BCUT2D eigenvalue weighted by molar-refractivity contribution is 0.0946. The summed E-state index contributed by atoms with van der Waals surface area (Å²) in [4.78, 5) is 24.1. The highest BCUT2D eigenvalue weighted by molar-refractivity contribution is 5.92. The maximum Gasteiger partial charge on any atom is 0.270 e. The molecule has 2 N–H and O–H groups in total. The molecule has 0 unspecified atom stereocenters. The van der Waals surface area contributed by atoms with E-state index in [4.69, 9.17) is 0 Å². The van der Waals surface area contributed by atoms with E-state index in [0.717, 1.165) is 5.56 Å². The molecule has 0 aliphatic heterocycles. The fraction of sp³-hybridized carbons (Fsp3) is 0.0588. The van der Waals surface area contributed by atoms with E-state index in [2.05, 4.69) is 25.6 Å². The van der Waals surface area contributed by atoms with Crippen LogP contribution in [0, 0.1) is 5.82 Å². The smallest absolute Gasteiger partial charge is 0.270 e. The van der Waals surface area contributed by atoms with Gasteiger partial charge in [0.05, 0.1) is 0 Å². The molecule has 0 saturated heterocycles. The molecule has 120 valence electrons. The number of benzene rings is 1. The van der Waals surface area contributed by atoms with E-state index in [1.165, 1.54) is 24.5 Å². The molecule has 3 aromatic rings. The van der Waals surface area contributed by atoms with Crippen molar-refractivity contribution in [1.29, 1.82) is 0 Å². The second-order valence-electron chi connectivity index (χ2n) is 4.96. The molecule has 1 aromatic carbocycles. The van der Waals surface area contributed by atoms with Crippen LogP contribution in [0.1, 0.15) is 16.1 Å². The minimum absolute atomic E-state index is 0.220. The maximum absolute atomic E-state index is 13.2. The third-order valence-electron chi connectivity index (χ3n) is 3.20. The topological polar surface area (TPSA) is 79.8 Å². The highest BCUT2D eigenvalue weighted by Gasteiger charge is 2.09. The van der Waals surface area contributed by atoms with Crippen molar-refractivity contribution in [2.45, 2.75) is 6.54 Å². The first-order chi connectivity index (χ1) is 11.7. The zero-order valence-electron chi connectivity index (χ0n) is 12.6. The van der Waals surface area contributed by atoms with Crippen LogP contribution in [0.4, 0.5) is 15.9 Å². The third kappa shape index (κ3) is 4.10. The number of amides is 1. The summed E-state index contributed by atoms with van der Waals surface area (Å²) in [5.41, 5.74) is 1.69. The Balaban J connectivity index is 1.67. The quantitative estimate of drug-likeness (QED) is 0.754. The van der Waals surface area contributed by atoms with Crippen molar-refractivity contribution < 1.29 is 9.18 Å². The van der Waals surface area contributed by atoms with Gasteiger partial charge in [-0.15, -0.1) is 0 Å². The lowest BCUT2D eigenvalue weighted by Crippen LogP contribution is -2.24. The average molecular weight is 323 g/mol. The number of anilines is 2. The zero-order chi connectivity index (χ0) is 16.8. The summed E-state index contributed by atoms with van der Waals surface area (Å²) < 4.78 is 13.2. The zero-order valence-corrected chi connectivity index (χ0v) is 12.6. The molecule has 2 aromatic heterocycles. The van der Waals surface area contributed by atoms with Crippen molar-refractivity contribution in [3.63, 3.8) is 0 Å². The van der Waals surface area contributed by atoms with E-state index in [-0.39, 0.29) is 17.4 Å². The first kappa shape index (κ1) is 15.5. The molecule has 2 heterocycles. The molecule has 0 spiro atoms. The molecule has 0 radical (unpaired) electrons. The summed E-state index contributed by atoms with van der Waals surface area (Å²) in [6, 6.07) is 11.1. The molecule has 0 fully saturated rings. The standard InChI is InChI=1S/C17H14FN5O/c18-13-2-1-3-14(8-13)23-16-9-15(21-11-22-16)17(24)20-10-12-4-6-19-7-5-12/h1-9,11H,10H2,(H,20,24)(H,21,22,23). The second-order valence-corrected chi connectivity index (χ2v) is 4.96. The molecule has 0 aliphatic carbocycles. The Hall–Kier alpha value is -3.35. The summed E-state index contributed by atoms with van der Waals surface area (Å²) in [6.07, 6.45) is 4.60. The van der Waals surface area contributed by atoms with Crippen LogP contribution >= 0.6 is 0 Å². The summed E-state index contributed by atoms with van der Waals surface area (Å²) in [5.74, 6) is -0.273. The first-order valence-corrected chi connectivity index (χ1v) is 7.22. The number of halogens is 1. The van der Waals surface area contributed by atoms with Gasteiger partial charge < -0.3 is 10.6 Å². The molecule has 0 aliphatic rings. The third-order valence-corrected chi connectivity index (χ3v) is 3.20. The molecule has 24 heavy (non-hydrogen) atoms. The van der Waals surface area contributed by atoms with Crippen molar-refractivity contribution >= 4 is 17.4 Å². The van der Waals surface area contributed by atoms with Gasteiger partial charge in [-0.1, -0.05) is 6.07 Å². The second kappa shape index (κ2) is 7.28. The molecule has 0 atom stereocenters. The number of rotatable bonds is 5. The monoisotopic (exact) mass is 323 g/mol. The average Bonchev–Trinajstić information content (AvgIpc) is 2.61. The van der Waals surface area contributed by atoms with E-state index in [0.29, 0.717) is 18.1 Å². The van der Waals surface area contributed by atoms with Crippen molar-refractivity contribution in [3.8, 4) is 0 Å². The normalized spacial score (nSPS) is 10.2. The van der Waals surface area contributed by atoms with Gasteiger partial charge in [-0.05, 0) is 35.9 Å². The summed E-state index contributed by atoms with van der Waals surface area (Å²) >= 11 is 0. The van der Waals surface area contributed by atoms with Crippen molar-refractivity contribution in [2.24, 2.45) is 0 Å². The van der Waals surface area contributed by atoms with Gasteiger partial charge >= 0.3 is 0 Å². The summed E-state index contributed by atoms with van der Waals surface area (Å²) in [7, 11) is 0. The molecular weight excluding hydrogens is 309 g/mol. The van der Waals surface area contributed by atoms with Gasteiger partial charge in [-0.25, -0.2) is 14.4 Å². The highest BCUT2D eigenvalue weighted by Crippen LogP contribution is 2.15. The van der Waals surface area contributed by atoms with Crippen LogP contribution < -0.4 is 10.6 Å². The largest absolute Gasteiger partial charge is 0.347 e. The highest BCUT2D eigenvalue weighted by atomic mass is 19.1. The van der Waals surface area contributed by atoms with Crippen molar-refractivity contribution in [1.82, 2.24) is 20.3 Å². The SMILES string of the molecule is O=C(NCc1ccncc1)c1cc(Nc2cccc(F)c2)ncn1. The van der Waals surface area contributed by atoms with Crippen LogP contribution in [0.15, 0.2) is 61.2 Å². The lowest BCUT2D eigenvalue weighted by atomic mass is 10.2. The number of hydrogen-bond acceptors (Lipinski definition) is 5. The van der Waals surface area contributed by atoms with Crippen LogP contribution in [-0.2, 0) is 6.54 Å². The van der Waals surface area contributed by atoms with Gasteiger partial charge in [-0.3, -0.25) is 9.78 Å². The number of pyridine rings is 1. The molecular formula is C17H14FN5O. The van der Waals surface area contributed by atoms with Gasteiger partial charge in [0.15, 0.2) is 0 Å². The molecule has 0 bridgehead atoms. The van der Waals surface area contributed by atoms with Crippen LogP contribution in [0.2, 0.25) is 0 Å². The molecule has 1 amide bonds. The molecule has 7 heteroatoms. The van der Waals surface area contributed by atoms with E-state index in [1.807, 2.05) is 12.1 Å². The Morgan fingerprint density at radius 3 is 2.71 bits per heavy atom. The van der Waals surface area contributed by atoms with E-state index in [1.54, 1.807) is 24.5 Å². The Kier molecular flexibility index (Phi) is 4.71. The first-order valence-electron chi connectivity index (χ1n) is 7.22. The summed E-state index contributed by atoms with van der Waals surface area (Å²) in [5, 5.41) is 5.71. The van der Waals surface area contributed by atoms with Gasteiger partial charge in [0.2, 0.25) is 0 Å². The number of nitrogens with zero attached hydrogens (tertiary/aromatic N) is 3. The molecule has 6 nitrogen and oxygen atoms in total. The van der Waals surface area contributed by atoms with E-state index in [9.17, 15) is 9.18 Å². The van der Waals surface area contributed by atoms with E-state index >= 15 is 0 Å². The maximum atomic E-state index is 13.2. The lowest BCUT2D eigenvalue weighted by Gasteiger charge is -2.08. The Labute approximate surface area is 137 Å². The predicted octanol–water partition coefficient (Wildman–Crippen LogP) is 2.68. The number of aromatic nitrogens is 3. The predicted molar refractivity (Wildman–Crippen MR) is 87.1 cm³/mol. The number of nitrogens with one attached hydrogen (secondary N) is 2. The summed E-state index contributed by atoms with van der Waals surface area (Å²) in [6.45, 7) is 0.373. The molecule has 0 saturated carbocycles.